The van der Waals surface area contributed by atoms with Gasteiger partial charge in [0.15, 0.2) is 0 Å². The van der Waals surface area contributed by atoms with Crippen molar-refractivity contribution in [1.82, 2.24) is 5.32 Å². The fourth-order valence-electron chi connectivity index (χ4n) is 1.79. The van der Waals surface area contributed by atoms with Crippen LogP contribution in [0.1, 0.15) is 29.6 Å². The summed E-state index contributed by atoms with van der Waals surface area (Å²) in [5.41, 5.74) is -0.104. The van der Waals surface area contributed by atoms with E-state index in [9.17, 15) is 9.90 Å². The minimum atomic E-state index is -0.682. The molecule has 1 aliphatic rings. The highest BCUT2D eigenvalue weighted by molar-refractivity contribution is 9.11. The number of nitrogens with one attached hydrogen (secondary N) is 1. The molecule has 3 nitrogen and oxygen atoms in total. The third-order valence-corrected chi connectivity index (χ3v) is 3.90. The summed E-state index contributed by atoms with van der Waals surface area (Å²) in [6, 6.07) is 5.38. The topological polar surface area (TPSA) is 49.3 Å². The number of carbonyl (C=O) groups is 1. The molecule has 5 heteroatoms. The van der Waals surface area contributed by atoms with Gasteiger partial charge < -0.3 is 10.4 Å². The summed E-state index contributed by atoms with van der Waals surface area (Å²) in [5, 5.41) is 12.6. The zero-order valence-electron chi connectivity index (χ0n) is 9.17. The lowest BCUT2D eigenvalue weighted by molar-refractivity contribution is -0.0300. The van der Waals surface area contributed by atoms with Gasteiger partial charge in [0, 0.05) is 21.1 Å². The average molecular weight is 363 g/mol. The molecule has 0 aromatic heterocycles. The van der Waals surface area contributed by atoms with Crippen molar-refractivity contribution >= 4 is 37.8 Å². The van der Waals surface area contributed by atoms with Crippen molar-refractivity contribution in [3.8, 4) is 0 Å². The first-order chi connectivity index (χ1) is 7.98. The number of aliphatic hydroxyl groups is 1. The van der Waals surface area contributed by atoms with Crippen LogP contribution in [-0.4, -0.2) is 23.2 Å². The van der Waals surface area contributed by atoms with E-state index in [4.69, 9.17) is 0 Å². The molecule has 0 spiro atoms. The predicted octanol–water partition coefficient (Wildman–Crippen LogP) is 2.86. The van der Waals surface area contributed by atoms with Crippen LogP contribution in [0.4, 0.5) is 0 Å². The molecule has 1 saturated carbocycles. The molecule has 0 aliphatic heterocycles. The predicted molar refractivity (Wildman–Crippen MR) is 73.0 cm³/mol. The Bertz CT molecular complexity index is 424. The fraction of sp³-hybridized carbons (Fsp3) is 0.417. The van der Waals surface area contributed by atoms with Crippen LogP contribution in [0.3, 0.4) is 0 Å². The maximum absolute atomic E-state index is 11.9. The molecule has 0 atom stereocenters. The molecule has 92 valence electrons. The molecular formula is C12H13Br2NO2. The van der Waals surface area contributed by atoms with Crippen LogP contribution in [0.15, 0.2) is 27.1 Å². The van der Waals surface area contributed by atoms with E-state index in [0.717, 1.165) is 28.2 Å². The highest BCUT2D eigenvalue weighted by Crippen LogP contribution is 2.30. The fourth-order valence-corrected chi connectivity index (χ4v) is 3.09. The van der Waals surface area contributed by atoms with Crippen LogP contribution in [0, 0.1) is 0 Å². The number of carbonyl (C=O) groups excluding carboxylic acids is 1. The molecule has 0 bridgehead atoms. The standard InChI is InChI=1S/C12H13Br2NO2/c13-9-4-8(5-10(14)6-9)11(16)15-7-12(17)2-1-3-12/h4-6,17H,1-3,7H2,(H,15,16). The summed E-state index contributed by atoms with van der Waals surface area (Å²) in [5.74, 6) is -0.160. The Kier molecular flexibility index (Phi) is 3.90. The van der Waals surface area contributed by atoms with Gasteiger partial charge in [-0.05, 0) is 37.5 Å². The minimum Gasteiger partial charge on any atom is -0.388 e. The van der Waals surface area contributed by atoms with Crippen LogP contribution in [-0.2, 0) is 0 Å². The highest BCUT2D eigenvalue weighted by atomic mass is 79.9. The second kappa shape index (κ2) is 5.08. The van der Waals surface area contributed by atoms with Crippen LogP contribution >= 0.6 is 31.9 Å². The summed E-state index contributed by atoms with van der Waals surface area (Å²) in [7, 11) is 0. The molecular weight excluding hydrogens is 350 g/mol. The smallest absolute Gasteiger partial charge is 0.251 e. The van der Waals surface area contributed by atoms with Gasteiger partial charge in [-0.3, -0.25) is 4.79 Å². The monoisotopic (exact) mass is 361 g/mol. The quantitative estimate of drug-likeness (QED) is 0.868. The maximum Gasteiger partial charge on any atom is 0.251 e. The molecule has 0 radical (unpaired) electrons. The van der Waals surface area contributed by atoms with E-state index in [1.807, 2.05) is 6.07 Å². The maximum atomic E-state index is 11.9. The molecule has 0 saturated heterocycles. The summed E-state index contributed by atoms with van der Waals surface area (Å²) in [6.45, 7) is 0.329. The summed E-state index contributed by atoms with van der Waals surface area (Å²) >= 11 is 6.67. The van der Waals surface area contributed by atoms with Crippen LogP contribution < -0.4 is 5.32 Å². The Hall–Kier alpha value is -0.390. The van der Waals surface area contributed by atoms with E-state index in [1.165, 1.54) is 0 Å². The Labute approximate surface area is 117 Å². The lowest BCUT2D eigenvalue weighted by atomic mass is 9.80. The van der Waals surface area contributed by atoms with Gasteiger partial charge in [-0.2, -0.15) is 0 Å². The largest absolute Gasteiger partial charge is 0.388 e. The first kappa shape index (κ1) is 13.1. The number of halogens is 2. The lowest BCUT2D eigenvalue weighted by Crippen LogP contribution is -2.47. The zero-order chi connectivity index (χ0) is 12.5. The third-order valence-electron chi connectivity index (χ3n) is 2.99. The summed E-state index contributed by atoms with van der Waals surface area (Å²) in [6.07, 6.45) is 2.58. The van der Waals surface area contributed by atoms with Gasteiger partial charge in [-0.15, -0.1) is 0 Å². The molecule has 1 fully saturated rings. The molecule has 1 aromatic rings. The van der Waals surface area contributed by atoms with Gasteiger partial charge in [0.1, 0.15) is 0 Å². The number of hydrogen-bond donors (Lipinski definition) is 2. The van der Waals surface area contributed by atoms with E-state index in [2.05, 4.69) is 37.2 Å². The minimum absolute atomic E-state index is 0.160. The number of hydrogen-bond acceptors (Lipinski definition) is 2. The van der Waals surface area contributed by atoms with Gasteiger partial charge >= 0.3 is 0 Å². The Morgan fingerprint density at radius 3 is 2.35 bits per heavy atom. The van der Waals surface area contributed by atoms with Gasteiger partial charge in [0.2, 0.25) is 0 Å². The van der Waals surface area contributed by atoms with Crippen molar-refractivity contribution in [3.05, 3.63) is 32.7 Å². The van der Waals surface area contributed by atoms with Crippen molar-refractivity contribution in [2.24, 2.45) is 0 Å². The zero-order valence-corrected chi connectivity index (χ0v) is 12.3. The molecule has 0 unspecified atom stereocenters. The SMILES string of the molecule is O=C(NCC1(O)CCC1)c1cc(Br)cc(Br)c1. The van der Waals surface area contributed by atoms with Crippen LogP contribution in [0.5, 0.6) is 0 Å². The van der Waals surface area contributed by atoms with E-state index >= 15 is 0 Å². The number of amides is 1. The molecule has 1 aliphatic carbocycles. The molecule has 1 aromatic carbocycles. The van der Waals surface area contributed by atoms with Gasteiger partial charge in [0.25, 0.3) is 5.91 Å². The second-order valence-corrected chi connectivity index (χ2v) is 6.25. The lowest BCUT2D eigenvalue weighted by Gasteiger charge is -2.36. The Morgan fingerprint density at radius 1 is 1.29 bits per heavy atom. The van der Waals surface area contributed by atoms with Crippen molar-refractivity contribution in [3.63, 3.8) is 0 Å². The van der Waals surface area contributed by atoms with Gasteiger partial charge in [0.05, 0.1) is 5.60 Å². The molecule has 17 heavy (non-hydrogen) atoms. The normalized spacial score (nSPS) is 17.4. The average Bonchev–Trinajstić information content (AvgIpc) is 2.22. The summed E-state index contributed by atoms with van der Waals surface area (Å²) < 4.78 is 1.69. The van der Waals surface area contributed by atoms with Crippen molar-refractivity contribution in [1.29, 1.82) is 0 Å². The van der Waals surface area contributed by atoms with Crippen molar-refractivity contribution < 1.29 is 9.90 Å². The molecule has 0 heterocycles. The van der Waals surface area contributed by atoms with Crippen LogP contribution in [0.2, 0.25) is 0 Å². The van der Waals surface area contributed by atoms with Crippen molar-refractivity contribution in [2.45, 2.75) is 24.9 Å². The summed E-state index contributed by atoms with van der Waals surface area (Å²) in [4.78, 5) is 11.9. The van der Waals surface area contributed by atoms with Crippen LogP contribution in [0.25, 0.3) is 0 Å². The van der Waals surface area contributed by atoms with Gasteiger partial charge in [-0.25, -0.2) is 0 Å². The first-order valence-corrected chi connectivity index (χ1v) is 7.04. The number of benzene rings is 1. The highest BCUT2D eigenvalue weighted by Gasteiger charge is 2.34. The number of rotatable bonds is 3. The Morgan fingerprint density at radius 2 is 1.88 bits per heavy atom. The second-order valence-electron chi connectivity index (χ2n) is 4.42. The molecule has 1 amide bonds. The first-order valence-electron chi connectivity index (χ1n) is 5.45. The van der Waals surface area contributed by atoms with E-state index in [-0.39, 0.29) is 5.91 Å². The van der Waals surface area contributed by atoms with Crippen molar-refractivity contribution in [2.75, 3.05) is 6.54 Å². The van der Waals surface area contributed by atoms with E-state index in [0.29, 0.717) is 12.1 Å². The van der Waals surface area contributed by atoms with Gasteiger partial charge in [-0.1, -0.05) is 31.9 Å². The Balaban J connectivity index is 1.99. The molecule has 2 N–H and O–H groups in total. The third kappa shape index (κ3) is 3.30. The van der Waals surface area contributed by atoms with E-state index < -0.39 is 5.60 Å². The molecule has 2 rings (SSSR count). The van der Waals surface area contributed by atoms with E-state index in [1.54, 1.807) is 12.1 Å².